The molecule has 1 aromatic rings. The third-order valence-corrected chi connectivity index (χ3v) is 3.94. The van der Waals surface area contributed by atoms with Crippen LogP contribution in [0, 0.1) is 5.92 Å². The third kappa shape index (κ3) is 7.36. The van der Waals surface area contributed by atoms with Gasteiger partial charge in [-0.3, -0.25) is 0 Å². The largest absolute Gasteiger partial charge is 0.550 e. The van der Waals surface area contributed by atoms with Gasteiger partial charge in [-0.2, -0.15) is 0 Å². The van der Waals surface area contributed by atoms with Gasteiger partial charge in [-0.15, -0.1) is 0 Å². The maximum absolute atomic E-state index is 11.0. The first-order valence-electron chi connectivity index (χ1n) is 7.04. The second-order valence-corrected chi connectivity index (χ2v) is 5.73. The fourth-order valence-corrected chi connectivity index (χ4v) is 2.63. The minimum atomic E-state index is -0.880. The summed E-state index contributed by atoms with van der Waals surface area (Å²) in [6, 6.07) is 10.3. The van der Waals surface area contributed by atoms with Crippen LogP contribution in [0.5, 0.6) is 0 Å². The molecule has 0 fully saturated rings. The summed E-state index contributed by atoms with van der Waals surface area (Å²) in [5, 5.41) is 12.0. The molecule has 3 heteroatoms. The van der Waals surface area contributed by atoms with Gasteiger partial charge in [0, 0.05) is 11.3 Å². The maximum atomic E-state index is 11.0. The van der Waals surface area contributed by atoms with Crippen LogP contribution in [0.4, 0.5) is 0 Å². The summed E-state index contributed by atoms with van der Waals surface area (Å²) in [5.41, 5.74) is 1.33. The van der Waals surface area contributed by atoms with Crippen molar-refractivity contribution in [2.24, 2.45) is 5.92 Å². The molecule has 0 radical (unpaired) electrons. The molecule has 0 N–H and O–H groups in total. The smallest absolute Gasteiger partial charge is 0.0445 e. The van der Waals surface area contributed by atoms with E-state index in [0.717, 1.165) is 50.3 Å². The molecule has 0 spiro atoms. The second-order valence-electron chi connectivity index (χ2n) is 4.93. The lowest BCUT2D eigenvalue weighted by Gasteiger charge is -2.17. The minimum absolute atomic E-state index is 0.269. The number of alkyl halides is 1. The van der Waals surface area contributed by atoms with Gasteiger partial charge >= 0.3 is 0 Å². The number of hydrogen-bond donors (Lipinski definition) is 0. The Hall–Kier alpha value is -0.830. The lowest BCUT2D eigenvalue weighted by atomic mass is 9.95. The van der Waals surface area contributed by atoms with E-state index in [4.69, 9.17) is 0 Å². The van der Waals surface area contributed by atoms with Crippen molar-refractivity contribution in [1.82, 2.24) is 0 Å². The van der Waals surface area contributed by atoms with Gasteiger partial charge in [-0.05, 0) is 43.6 Å². The zero-order valence-corrected chi connectivity index (χ0v) is 12.9. The van der Waals surface area contributed by atoms with Crippen LogP contribution in [-0.2, 0) is 11.2 Å². The summed E-state index contributed by atoms with van der Waals surface area (Å²) in [5.74, 6) is -1.15. The SMILES string of the molecule is O=C([O-])C(CCCCBr)CCCCc1ccccc1. The topological polar surface area (TPSA) is 40.1 Å². The molecular formula is C16H22BrO2-. The second kappa shape index (κ2) is 10.0. The molecule has 1 unspecified atom stereocenters. The zero-order valence-electron chi connectivity index (χ0n) is 11.3. The monoisotopic (exact) mass is 325 g/mol. The molecule has 0 aliphatic heterocycles. The Balaban J connectivity index is 2.19. The van der Waals surface area contributed by atoms with E-state index >= 15 is 0 Å². The predicted molar refractivity (Wildman–Crippen MR) is 80.1 cm³/mol. The highest BCUT2D eigenvalue weighted by Gasteiger charge is 2.09. The van der Waals surface area contributed by atoms with Crippen molar-refractivity contribution in [2.45, 2.75) is 44.9 Å². The van der Waals surface area contributed by atoms with Gasteiger partial charge in [-0.25, -0.2) is 0 Å². The van der Waals surface area contributed by atoms with E-state index in [0.29, 0.717) is 0 Å². The number of carbonyl (C=O) groups excluding carboxylic acids is 1. The predicted octanol–water partition coefficient (Wildman–Crippen LogP) is 3.33. The Morgan fingerprint density at radius 3 is 2.26 bits per heavy atom. The van der Waals surface area contributed by atoms with E-state index < -0.39 is 5.97 Å². The number of halogens is 1. The molecule has 0 saturated heterocycles. The first-order chi connectivity index (χ1) is 9.24. The number of carboxylic acid groups (broad SMARTS) is 1. The Morgan fingerprint density at radius 1 is 1.05 bits per heavy atom. The highest BCUT2D eigenvalue weighted by atomic mass is 79.9. The number of aryl methyl sites for hydroxylation is 1. The summed E-state index contributed by atoms with van der Waals surface area (Å²) >= 11 is 3.36. The van der Waals surface area contributed by atoms with E-state index in [-0.39, 0.29) is 5.92 Å². The summed E-state index contributed by atoms with van der Waals surface area (Å²) in [6.07, 6.45) is 6.53. The number of unbranched alkanes of at least 4 members (excludes halogenated alkanes) is 2. The quantitative estimate of drug-likeness (QED) is 0.489. The fourth-order valence-electron chi connectivity index (χ4n) is 2.23. The van der Waals surface area contributed by atoms with E-state index in [1.165, 1.54) is 5.56 Å². The third-order valence-electron chi connectivity index (χ3n) is 3.38. The molecular weight excluding hydrogens is 304 g/mol. The van der Waals surface area contributed by atoms with E-state index in [1.54, 1.807) is 0 Å². The van der Waals surface area contributed by atoms with Crippen molar-refractivity contribution in [3.8, 4) is 0 Å². The molecule has 0 heterocycles. The molecule has 0 saturated carbocycles. The number of hydrogen-bond acceptors (Lipinski definition) is 2. The van der Waals surface area contributed by atoms with E-state index in [1.807, 2.05) is 18.2 Å². The molecule has 106 valence electrons. The van der Waals surface area contributed by atoms with Crippen molar-refractivity contribution in [3.05, 3.63) is 35.9 Å². The lowest BCUT2D eigenvalue weighted by molar-refractivity contribution is -0.312. The Morgan fingerprint density at radius 2 is 1.68 bits per heavy atom. The molecule has 1 rings (SSSR count). The van der Waals surface area contributed by atoms with Gasteiger partial charge < -0.3 is 9.90 Å². The molecule has 0 aliphatic carbocycles. The molecule has 2 nitrogen and oxygen atoms in total. The summed E-state index contributed by atoms with van der Waals surface area (Å²) in [6.45, 7) is 0. The lowest BCUT2D eigenvalue weighted by Crippen LogP contribution is -2.31. The van der Waals surface area contributed by atoms with Crippen molar-refractivity contribution in [3.63, 3.8) is 0 Å². The highest BCUT2D eigenvalue weighted by Crippen LogP contribution is 2.17. The molecule has 0 aliphatic rings. The van der Waals surface area contributed by atoms with Gasteiger partial charge in [0.1, 0.15) is 0 Å². The van der Waals surface area contributed by atoms with Crippen LogP contribution < -0.4 is 5.11 Å². The van der Waals surface area contributed by atoms with Gasteiger partial charge in [0.15, 0.2) is 0 Å². The zero-order chi connectivity index (χ0) is 13.9. The number of benzene rings is 1. The molecule has 1 atom stereocenters. The van der Waals surface area contributed by atoms with Crippen molar-refractivity contribution >= 4 is 21.9 Å². The molecule has 0 bridgehead atoms. The maximum Gasteiger partial charge on any atom is 0.0445 e. The number of rotatable bonds is 10. The van der Waals surface area contributed by atoms with Crippen LogP contribution in [0.1, 0.15) is 44.1 Å². The average molecular weight is 326 g/mol. The van der Waals surface area contributed by atoms with E-state index in [9.17, 15) is 9.90 Å². The van der Waals surface area contributed by atoms with Crippen LogP contribution in [-0.4, -0.2) is 11.3 Å². The van der Waals surface area contributed by atoms with Crippen molar-refractivity contribution in [1.29, 1.82) is 0 Å². The van der Waals surface area contributed by atoms with Crippen LogP contribution in [0.2, 0.25) is 0 Å². The summed E-state index contributed by atoms with van der Waals surface area (Å²) < 4.78 is 0. The van der Waals surface area contributed by atoms with Gasteiger partial charge in [-0.1, -0.05) is 59.1 Å². The highest BCUT2D eigenvalue weighted by molar-refractivity contribution is 9.09. The number of aliphatic carboxylic acids is 1. The Kier molecular flexibility index (Phi) is 8.55. The number of carbonyl (C=O) groups is 1. The molecule has 0 amide bonds. The normalized spacial score (nSPS) is 12.3. The summed E-state index contributed by atoms with van der Waals surface area (Å²) in [4.78, 5) is 11.0. The van der Waals surface area contributed by atoms with Gasteiger partial charge in [0.25, 0.3) is 0 Å². The van der Waals surface area contributed by atoms with Crippen LogP contribution in [0.25, 0.3) is 0 Å². The van der Waals surface area contributed by atoms with Crippen LogP contribution >= 0.6 is 15.9 Å². The van der Waals surface area contributed by atoms with Gasteiger partial charge in [0.2, 0.25) is 0 Å². The molecule has 1 aromatic carbocycles. The van der Waals surface area contributed by atoms with Gasteiger partial charge in [0.05, 0.1) is 0 Å². The van der Waals surface area contributed by atoms with Crippen molar-refractivity contribution in [2.75, 3.05) is 5.33 Å². The minimum Gasteiger partial charge on any atom is -0.550 e. The first kappa shape index (κ1) is 16.2. The first-order valence-corrected chi connectivity index (χ1v) is 8.17. The summed E-state index contributed by atoms with van der Waals surface area (Å²) in [7, 11) is 0. The molecule has 0 aromatic heterocycles. The van der Waals surface area contributed by atoms with Crippen LogP contribution in [0.3, 0.4) is 0 Å². The Labute approximate surface area is 124 Å². The standard InChI is InChI=1S/C16H23BrO2/c17-13-7-6-12-15(16(18)19)11-5-4-10-14-8-2-1-3-9-14/h1-3,8-9,15H,4-7,10-13H2,(H,18,19)/p-1. The number of carboxylic acids is 1. The van der Waals surface area contributed by atoms with E-state index in [2.05, 4.69) is 28.1 Å². The Bertz CT molecular complexity index is 351. The fraction of sp³-hybridized carbons (Fsp3) is 0.562. The molecule has 19 heavy (non-hydrogen) atoms. The average Bonchev–Trinajstić information content (AvgIpc) is 2.42. The van der Waals surface area contributed by atoms with Crippen LogP contribution in [0.15, 0.2) is 30.3 Å². The van der Waals surface area contributed by atoms with Crippen molar-refractivity contribution < 1.29 is 9.90 Å².